The molecule has 0 aliphatic carbocycles. The molecule has 0 saturated carbocycles. The van der Waals surface area contributed by atoms with Crippen molar-refractivity contribution in [2.75, 3.05) is 9.80 Å². The summed E-state index contributed by atoms with van der Waals surface area (Å²) in [5.41, 5.74) is 18.4. The highest BCUT2D eigenvalue weighted by atomic mass is 16.3. The van der Waals surface area contributed by atoms with Gasteiger partial charge in [-0.15, -0.1) is 0 Å². The number of aromatic nitrogens is 1. The van der Waals surface area contributed by atoms with Crippen LogP contribution in [-0.4, -0.2) is 4.57 Å². The molecule has 0 aliphatic heterocycles. The van der Waals surface area contributed by atoms with Crippen molar-refractivity contribution in [1.82, 2.24) is 4.57 Å². The number of fused-ring (bicyclic) bond motifs is 14. The molecule has 16 aromatic carbocycles. The van der Waals surface area contributed by atoms with Crippen molar-refractivity contribution in [2.24, 2.45) is 0 Å². The maximum atomic E-state index is 6.67. The van der Waals surface area contributed by atoms with Gasteiger partial charge in [-0.05, 0) is 179 Å². The number of hydrogen-bond acceptors (Lipinski definition) is 3. The van der Waals surface area contributed by atoms with Crippen molar-refractivity contribution >= 4 is 132 Å². The second kappa shape index (κ2) is 20.9. The standard InChI is InChI=1S/C86H55N3O/c1-3-19-57(20-4-1)68-49-52-81(75-31-14-13-26-69(68)75)88(63-44-39-59(40-45-63)67-33-17-22-58-21-7-8-25-66(58)67)64-47-51-83-80(55-64)79-53-60(41-50-82(79)89(83)65-46-48-74-72-29-10-9-27-70(72)71-28-11-12-30-73(71)78(74)54-65)56-37-42-62(43-38-56)87(61-23-5-2-6-24-61)84-35-18-34-77-76-32-15-16-36-85(76)90-86(77)84/h1-55H. The van der Waals surface area contributed by atoms with E-state index in [4.69, 9.17) is 4.42 Å². The molecule has 4 heteroatoms. The second-order valence-corrected chi connectivity index (χ2v) is 23.5. The molecule has 90 heavy (non-hydrogen) atoms. The minimum absolute atomic E-state index is 0.856. The van der Waals surface area contributed by atoms with Gasteiger partial charge in [-0.2, -0.15) is 0 Å². The maximum Gasteiger partial charge on any atom is 0.159 e. The zero-order valence-corrected chi connectivity index (χ0v) is 49.0. The summed E-state index contributed by atoms with van der Waals surface area (Å²) in [5.74, 6) is 0. The van der Waals surface area contributed by atoms with E-state index in [2.05, 4.69) is 342 Å². The molecule has 0 spiro atoms. The van der Waals surface area contributed by atoms with E-state index in [0.29, 0.717) is 0 Å². The fourth-order valence-electron chi connectivity index (χ4n) is 14.4. The Balaban J connectivity index is 0.839. The predicted octanol–water partition coefficient (Wildman–Crippen LogP) is 24.4. The fourth-order valence-corrected chi connectivity index (χ4v) is 14.4. The van der Waals surface area contributed by atoms with Crippen molar-refractivity contribution < 1.29 is 4.42 Å². The monoisotopic (exact) mass is 1150 g/mol. The van der Waals surface area contributed by atoms with Gasteiger partial charge in [0.15, 0.2) is 5.58 Å². The molecule has 0 fully saturated rings. The number of anilines is 6. The summed E-state index contributed by atoms with van der Waals surface area (Å²) < 4.78 is 9.15. The molecule has 2 heterocycles. The summed E-state index contributed by atoms with van der Waals surface area (Å²) in [6.07, 6.45) is 0. The average Bonchev–Trinajstić information content (AvgIpc) is 1.51. The highest BCUT2D eigenvalue weighted by molar-refractivity contribution is 6.26. The Morgan fingerprint density at radius 2 is 0.722 bits per heavy atom. The lowest BCUT2D eigenvalue weighted by Crippen LogP contribution is -2.10. The number of hydrogen-bond donors (Lipinski definition) is 0. The number of furan rings is 1. The summed E-state index contributed by atoms with van der Waals surface area (Å²) in [4.78, 5) is 4.77. The van der Waals surface area contributed by atoms with Gasteiger partial charge >= 0.3 is 0 Å². The van der Waals surface area contributed by atoms with E-state index in [0.717, 1.165) is 94.7 Å². The first kappa shape index (κ1) is 51.3. The van der Waals surface area contributed by atoms with Crippen LogP contribution in [0.1, 0.15) is 0 Å². The van der Waals surface area contributed by atoms with Gasteiger partial charge in [-0.3, -0.25) is 0 Å². The first-order valence-electron chi connectivity index (χ1n) is 30.9. The molecular weight excluding hydrogens is 1090 g/mol. The van der Waals surface area contributed by atoms with Gasteiger partial charge in [0.25, 0.3) is 0 Å². The van der Waals surface area contributed by atoms with Crippen LogP contribution in [-0.2, 0) is 0 Å². The van der Waals surface area contributed by atoms with Crippen LogP contribution in [0.25, 0.3) is 137 Å². The van der Waals surface area contributed by atoms with E-state index in [9.17, 15) is 0 Å². The zero-order valence-electron chi connectivity index (χ0n) is 49.0. The number of para-hydroxylation sites is 3. The predicted molar refractivity (Wildman–Crippen MR) is 381 cm³/mol. The molecule has 420 valence electrons. The molecule has 0 radical (unpaired) electrons. The van der Waals surface area contributed by atoms with E-state index in [1.165, 1.54) is 76.1 Å². The first-order chi connectivity index (χ1) is 44.6. The molecule has 0 saturated heterocycles. The van der Waals surface area contributed by atoms with E-state index in [1.54, 1.807) is 0 Å². The minimum atomic E-state index is 0.856. The molecule has 0 amide bonds. The molecule has 0 unspecified atom stereocenters. The van der Waals surface area contributed by atoms with Crippen LogP contribution in [0.3, 0.4) is 0 Å². The average molecular weight is 1150 g/mol. The van der Waals surface area contributed by atoms with Crippen molar-refractivity contribution in [2.45, 2.75) is 0 Å². The van der Waals surface area contributed by atoms with Crippen LogP contribution < -0.4 is 9.80 Å². The molecule has 18 rings (SSSR count). The van der Waals surface area contributed by atoms with Gasteiger partial charge in [0.2, 0.25) is 0 Å². The van der Waals surface area contributed by atoms with Gasteiger partial charge in [0.1, 0.15) is 5.58 Å². The van der Waals surface area contributed by atoms with Gasteiger partial charge < -0.3 is 18.8 Å². The number of benzene rings is 16. The molecule has 0 atom stereocenters. The van der Waals surface area contributed by atoms with Gasteiger partial charge in [-0.1, -0.05) is 237 Å². The SMILES string of the molecule is c1ccc(-c2ccc(N(c3ccc(-c4cccc5ccccc45)cc3)c3ccc4c(c3)c3cc(-c5ccc(N(c6ccccc6)c6cccc7c6oc6ccccc67)cc5)ccc3n4-c3ccc4c5ccccc5c5ccccc5c4c3)c3ccccc23)cc1. The Hall–Kier alpha value is -12.0. The maximum absolute atomic E-state index is 6.67. The minimum Gasteiger partial charge on any atom is -0.454 e. The topological polar surface area (TPSA) is 24.6 Å². The summed E-state index contributed by atoms with van der Waals surface area (Å²) in [6, 6.07) is 122. The lowest BCUT2D eigenvalue weighted by Gasteiger charge is -2.28. The molecule has 18 aromatic rings. The normalized spacial score (nSPS) is 11.8. The van der Waals surface area contributed by atoms with Gasteiger partial charge in [0.05, 0.1) is 22.4 Å². The molecule has 0 aliphatic rings. The third-order valence-corrected chi connectivity index (χ3v) is 18.5. The second-order valence-electron chi connectivity index (χ2n) is 23.5. The first-order valence-corrected chi connectivity index (χ1v) is 30.9. The molecule has 0 N–H and O–H groups in total. The van der Waals surface area contributed by atoms with Crippen molar-refractivity contribution in [1.29, 1.82) is 0 Å². The Labute approximate surface area is 520 Å². The van der Waals surface area contributed by atoms with Crippen molar-refractivity contribution in [3.8, 4) is 39.1 Å². The van der Waals surface area contributed by atoms with E-state index >= 15 is 0 Å². The van der Waals surface area contributed by atoms with E-state index < -0.39 is 0 Å². The largest absolute Gasteiger partial charge is 0.454 e. The quantitative estimate of drug-likeness (QED) is 0.128. The summed E-state index contributed by atoms with van der Waals surface area (Å²) in [6.45, 7) is 0. The summed E-state index contributed by atoms with van der Waals surface area (Å²) in [7, 11) is 0. The van der Waals surface area contributed by atoms with Crippen molar-refractivity contribution in [3.63, 3.8) is 0 Å². The third kappa shape index (κ3) is 8.30. The Bertz CT molecular complexity index is 5810. The number of nitrogens with zero attached hydrogens (tertiary/aromatic N) is 3. The van der Waals surface area contributed by atoms with E-state index in [1.807, 2.05) is 6.07 Å². The van der Waals surface area contributed by atoms with Crippen LogP contribution >= 0.6 is 0 Å². The van der Waals surface area contributed by atoms with Crippen LogP contribution in [0.2, 0.25) is 0 Å². The Morgan fingerprint density at radius 1 is 0.233 bits per heavy atom. The van der Waals surface area contributed by atoms with Crippen LogP contribution in [0, 0.1) is 0 Å². The lowest BCUT2D eigenvalue weighted by molar-refractivity contribution is 0.669. The third-order valence-electron chi connectivity index (χ3n) is 18.5. The highest BCUT2D eigenvalue weighted by Crippen LogP contribution is 2.48. The van der Waals surface area contributed by atoms with Gasteiger partial charge in [0, 0.05) is 55.4 Å². The molecular formula is C86H55N3O. The van der Waals surface area contributed by atoms with Gasteiger partial charge in [-0.25, -0.2) is 0 Å². The molecule has 4 nitrogen and oxygen atoms in total. The number of rotatable bonds is 10. The Kier molecular flexibility index (Phi) is 11.9. The van der Waals surface area contributed by atoms with Crippen LogP contribution in [0.5, 0.6) is 0 Å². The highest BCUT2D eigenvalue weighted by Gasteiger charge is 2.24. The molecule has 0 bridgehead atoms. The zero-order chi connectivity index (χ0) is 59.2. The van der Waals surface area contributed by atoms with Crippen LogP contribution in [0.15, 0.2) is 338 Å². The summed E-state index contributed by atoms with van der Waals surface area (Å²) >= 11 is 0. The smallest absolute Gasteiger partial charge is 0.159 e. The summed E-state index contributed by atoms with van der Waals surface area (Å²) in [5, 5.41) is 16.9. The van der Waals surface area contributed by atoms with Crippen molar-refractivity contribution in [3.05, 3.63) is 334 Å². The Morgan fingerprint density at radius 3 is 1.46 bits per heavy atom. The van der Waals surface area contributed by atoms with E-state index in [-0.39, 0.29) is 0 Å². The fraction of sp³-hybridized carbons (Fsp3) is 0. The lowest BCUT2D eigenvalue weighted by atomic mass is 9.94. The van der Waals surface area contributed by atoms with Crippen LogP contribution in [0.4, 0.5) is 34.1 Å². The molecule has 2 aromatic heterocycles.